The van der Waals surface area contributed by atoms with Crippen LogP contribution < -0.4 is 4.74 Å². The fourth-order valence-electron chi connectivity index (χ4n) is 4.60. The summed E-state index contributed by atoms with van der Waals surface area (Å²) in [4.78, 5) is 8.94. The van der Waals surface area contributed by atoms with Crippen LogP contribution in [0, 0.1) is 6.92 Å². The summed E-state index contributed by atoms with van der Waals surface area (Å²) in [5.41, 5.74) is 4.71. The maximum absolute atomic E-state index is 14.3. The molecule has 0 saturated heterocycles. The van der Waals surface area contributed by atoms with Gasteiger partial charge in [-0.05, 0) is 43.5 Å². The minimum Gasteiger partial charge on any atom is -0.479 e. The maximum atomic E-state index is 14.3. The van der Waals surface area contributed by atoms with Crippen LogP contribution in [0.15, 0.2) is 55.0 Å². The highest BCUT2D eigenvalue weighted by Crippen LogP contribution is 2.41. The van der Waals surface area contributed by atoms with Crippen LogP contribution in [0.4, 0.5) is 8.78 Å². The number of aromatic nitrogens is 5. The van der Waals surface area contributed by atoms with E-state index in [-0.39, 0.29) is 11.5 Å². The predicted octanol–water partition coefficient (Wildman–Crippen LogP) is 5.49. The lowest BCUT2D eigenvalue weighted by Crippen LogP contribution is -2.20. The van der Waals surface area contributed by atoms with Crippen molar-refractivity contribution in [3.63, 3.8) is 0 Å². The highest BCUT2D eigenvalue weighted by atomic mass is 19.3. The average Bonchev–Trinajstić information content (AvgIpc) is 3.44. The molecular weight excluding hydrogens is 424 g/mol. The van der Waals surface area contributed by atoms with E-state index in [2.05, 4.69) is 9.97 Å². The Morgan fingerprint density at radius 3 is 2.67 bits per heavy atom. The van der Waals surface area contributed by atoms with Crippen molar-refractivity contribution in [1.82, 2.24) is 24.3 Å². The molecule has 4 heterocycles. The second kappa shape index (κ2) is 8.10. The molecule has 1 aromatic carbocycles. The van der Waals surface area contributed by atoms with Crippen LogP contribution in [0.5, 0.6) is 5.88 Å². The van der Waals surface area contributed by atoms with Crippen LogP contribution in [0.2, 0.25) is 0 Å². The van der Waals surface area contributed by atoms with Gasteiger partial charge < -0.3 is 9.30 Å². The summed E-state index contributed by atoms with van der Waals surface area (Å²) in [5, 5.41) is 4.76. The van der Waals surface area contributed by atoms with Gasteiger partial charge in [0, 0.05) is 36.8 Å². The van der Waals surface area contributed by atoms with Gasteiger partial charge in [0.1, 0.15) is 11.4 Å². The van der Waals surface area contributed by atoms with Gasteiger partial charge in [-0.15, -0.1) is 0 Å². The van der Waals surface area contributed by atoms with Crippen molar-refractivity contribution >= 4 is 0 Å². The molecule has 170 valence electrons. The molecule has 0 N–H and O–H groups in total. The van der Waals surface area contributed by atoms with E-state index in [1.807, 2.05) is 52.7 Å². The fourth-order valence-corrected chi connectivity index (χ4v) is 4.60. The Balaban J connectivity index is 1.55. The Labute approximate surface area is 190 Å². The van der Waals surface area contributed by atoms with E-state index in [0.717, 1.165) is 43.4 Å². The summed E-state index contributed by atoms with van der Waals surface area (Å²) >= 11 is 0. The SMILES string of the molecule is COc1nc(-c2cc3n(n2)CCC[C@H]3c2ccccc2C(C)(F)F)ccc1-n1cnc(C)c1. The number of fused-ring (bicyclic) bond motifs is 1. The van der Waals surface area contributed by atoms with Crippen molar-refractivity contribution < 1.29 is 13.5 Å². The van der Waals surface area contributed by atoms with E-state index >= 15 is 0 Å². The van der Waals surface area contributed by atoms with Gasteiger partial charge in [-0.1, -0.05) is 24.3 Å². The lowest BCUT2D eigenvalue weighted by atomic mass is 9.84. The molecule has 0 spiro atoms. The van der Waals surface area contributed by atoms with Gasteiger partial charge >= 0.3 is 0 Å². The van der Waals surface area contributed by atoms with Crippen molar-refractivity contribution in [2.24, 2.45) is 0 Å². The van der Waals surface area contributed by atoms with Crippen molar-refractivity contribution in [1.29, 1.82) is 0 Å². The summed E-state index contributed by atoms with van der Waals surface area (Å²) in [6.45, 7) is 3.63. The van der Waals surface area contributed by atoms with E-state index < -0.39 is 5.92 Å². The monoisotopic (exact) mass is 449 g/mol. The lowest BCUT2D eigenvalue weighted by molar-refractivity contribution is 0.0162. The number of ether oxygens (including phenoxy) is 1. The van der Waals surface area contributed by atoms with Gasteiger partial charge in [0.05, 0.1) is 24.8 Å². The second-order valence-corrected chi connectivity index (χ2v) is 8.50. The first-order chi connectivity index (χ1) is 15.8. The van der Waals surface area contributed by atoms with Crippen LogP contribution in [0.3, 0.4) is 0 Å². The molecule has 6 nitrogen and oxygen atoms in total. The third kappa shape index (κ3) is 3.90. The molecular formula is C25H25F2N5O. The highest BCUT2D eigenvalue weighted by Gasteiger charge is 2.33. The molecule has 1 aliphatic rings. The smallest absolute Gasteiger partial charge is 0.270 e. The summed E-state index contributed by atoms with van der Waals surface area (Å²) in [7, 11) is 1.58. The van der Waals surface area contributed by atoms with Gasteiger partial charge in [0.25, 0.3) is 5.92 Å². The van der Waals surface area contributed by atoms with Crippen molar-refractivity contribution in [2.45, 2.75) is 45.1 Å². The molecule has 0 aliphatic carbocycles. The number of rotatable bonds is 5. The molecule has 8 heteroatoms. The number of hydrogen-bond donors (Lipinski definition) is 0. The van der Waals surface area contributed by atoms with Crippen LogP contribution >= 0.6 is 0 Å². The molecule has 0 bridgehead atoms. The van der Waals surface area contributed by atoms with Crippen molar-refractivity contribution in [3.8, 4) is 23.0 Å². The predicted molar refractivity (Wildman–Crippen MR) is 121 cm³/mol. The molecule has 5 rings (SSSR count). The zero-order valence-electron chi connectivity index (χ0n) is 18.8. The first kappa shape index (κ1) is 21.3. The minimum absolute atomic E-state index is 0.0750. The van der Waals surface area contributed by atoms with E-state index in [1.54, 1.807) is 19.5 Å². The molecule has 0 amide bonds. The molecule has 0 radical (unpaired) electrons. The largest absolute Gasteiger partial charge is 0.479 e. The number of nitrogens with zero attached hydrogens (tertiary/aromatic N) is 5. The first-order valence-corrected chi connectivity index (χ1v) is 11.0. The lowest BCUT2D eigenvalue weighted by Gasteiger charge is -2.27. The number of hydrogen-bond acceptors (Lipinski definition) is 4. The first-order valence-electron chi connectivity index (χ1n) is 11.0. The van der Waals surface area contributed by atoms with Gasteiger partial charge in [0.15, 0.2) is 0 Å². The molecule has 4 aromatic rings. The van der Waals surface area contributed by atoms with E-state index in [0.29, 0.717) is 22.8 Å². The molecule has 0 saturated carbocycles. The van der Waals surface area contributed by atoms with Crippen LogP contribution in [0.25, 0.3) is 17.1 Å². The molecule has 0 fully saturated rings. The number of halogens is 2. The van der Waals surface area contributed by atoms with E-state index in [1.165, 1.54) is 6.07 Å². The number of alkyl halides is 2. The number of methoxy groups -OCH3 is 1. The topological polar surface area (TPSA) is 57.8 Å². The quantitative estimate of drug-likeness (QED) is 0.405. The Kier molecular flexibility index (Phi) is 5.23. The van der Waals surface area contributed by atoms with Crippen LogP contribution in [-0.4, -0.2) is 31.4 Å². The molecule has 3 aromatic heterocycles. The van der Waals surface area contributed by atoms with Crippen LogP contribution in [-0.2, 0) is 12.5 Å². The van der Waals surface area contributed by atoms with Crippen molar-refractivity contribution in [2.75, 3.05) is 7.11 Å². The molecule has 1 atom stereocenters. The minimum atomic E-state index is -2.90. The van der Waals surface area contributed by atoms with Crippen LogP contribution in [0.1, 0.15) is 48.2 Å². The third-order valence-electron chi connectivity index (χ3n) is 6.13. The normalized spacial score (nSPS) is 16.0. The average molecular weight is 450 g/mol. The maximum Gasteiger partial charge on any atom is 0.270 e. The second-order valence-electron chi connectivity index (χ2n) is 8.50. The number of pyridine rings is 1. The molecule has 33 heavy (non-hydrogen) atoms. The summed E-state index contributed by atoms with van der Waals surface area (Å²) in [6, 6.07) is 12.6. The van der Waals surface area contributed by atoms with Crippen molar-refractivity contribution in [3.05, 3.63) is 77.5 Å². The highest BCUT2D eigenvalue weighted by molar-refractivity contribution is 5.60. The zero-order chi connectivity index (χ0) is 23.2. The molecule has 0 unspecified atom stereocenters. The standard InChI is InChI=1S/C25H25F2N5O/c1-16-14-31(15-28-16)22-11-10-20(29-24(22)33-3)21-13-23-18(8-6-12-32(23)30-21)17-7-4-5-9-19(17)25(2,26)27/h4-5,7,9-11,13-15,18H,6,8,12H2,1-3H3/t18-/m0/s1. The number of aryl methyl sites for hydroxylation is 2. The Hall–Kier alpha value is -3.55. The number of benzene rings is 1. The Bertz CT molecular complexity index is 1300. The fraction of sp³-hybridized carbons (Fsp3) is 0.320. The third-order valence-corrected chi connectivity index (χ3v) is 6.13. The summed E-state index contributed by atoms with van der Waals surface area (Å²) < 4.78 is 38.0. The number of imidazole rings is 1. The van der Waals surface area contributed by atoms with E-state index in [4.69, 9.17) is 9.84 Å². The van der Waals surface area contributed by atoms with Gasteiger partial charge in [-0.3, -0.25) is 4.68 Å². The van der Waals surface area contributed by atoms with Gasteiger partial charge in [-0.25, -0.2) is 18.7 Å². The Morgan fingerprint density at radius 2 is 1.94 bits per heavy atom. The van der Waals surface area contributed by atoms with Gasteiger partial charge in [0.2, 0.25) is 5.88 Å². The summed E-state index contributed by atoms with van der Waals surface area (Å²) in [5.74, 6) is -2.58. The Morgan fingerprint density at radius 1 is 1.12 bits per heavy atom. The van der Waals surface area contributed by atoms with E-state index in [9.17, 15) is 8.78 Å². The van der Waals surface area contributed by atoms with Gasteiger partial charge in [-0.2, -0.15) is 5.10 Å². The molecule has 1 aliphatic heterocycles. The summed E-state index contributed by atoms with van der Waals surface area (Å²) in [6.07, 6.45) is 5.29. The zero-order valence-corrected chi connectivity index (χ0v) is 18.8.